The van der Waals surface area contributed by atoms with Crippen LogP contribution < -0.4 is 14.5 Å². The lowest BCUT2D eigenvalue weighted by Crippen LogP contribution is -2.30. The summed E-state index contributed by atoms with van der Waals surface area (Å²) in [6.07, 6.45) is 37.9. The average molecular weight is 1240 g/mol. The molecule has 0 saturated carbocycles. The van der Waals surface area contributed by atoms with Gasteiger partial charge in [0, 0.05) is 45.7 Å². The summed E-state index contributed by atoms with van der Waals surface area (Å²) in [6.45, 7) is 18.1. The molecule has 0 amide bonds. The van der Waals surface area contributed by atoms with Crippen molar-refractivity contribution in [3.8, 4) is 5.75 Å². The molecule has 476 valence electrons. The van der Waals surface area contributed by atoms with Gasteiger partial charge >= 0.3 is 0 Å². The topological polar surface area (TPSA) is 15.7 Å². The number of allylic oxidation sites excluding steroid dienone is 12. The Bertz CT molecular complexity index is 4370. The standard InChI is InChI=1S/C92H92N2O/c1-7-64-26-30-68(31-27-64)71-34-35-73-58-82(52-42-72(73)57-71)95-62-63(3)19-17-18-56-92(77-20-11-9-12-21-77)87-25-16-15-24-83(87)84-53-51-81(61-88(84)92)93(79-47-38-67(39-48-79)66-36-45-76(46-37-66)91(4,5)6)80-49-40-70(41-50-80)75-44-55-90-86(60-75)85-59-74(69-32-28-65(8-2)29-33-69)43-54-89(85)94(90)78-22-13-10-14-23-78/h7-14,16,20-23,25-33,36,38-42,44-45,47-55,58,60-61,63,71,74,85-86,90H,1-2,15,17-19,24,34-35,37,43,46,56-57,59,62H2,3-6H3. The van der Waals surface area contributed by atoms with Crippen molar-refractivity contribution in [3.63, 3.8) is 0 Å². The number of aryl methyl sites for hydroxylation is 1. The third-order valence-electron chi connectivity index (χ3n) is 22.6. The Balaban J connectivity index is 0.720. The van der Waals surface area contributed by atoms with Gasteiger partial charge in [0.15, 0.2) is 0 Å². The fraction of sp³-hybridized carbons (Fsp3) is 0.283. The van der Waals surface area contributed by atoms with Gasteiger partial charge in [-0.3, -0.25) is 0 Å². The molecule has 7 unspecified atom stereocenters. The van der Waals surface area contributed by atoms with Crippen LogP contribution in [-0.4, -0.2) is 12.6 Å². The first-order chi connectivity index (χ1) is 46.5. The number of anilines is 4. The third-order valence-corrected chi connectivity index (χ3v) is 22.6. The van der Waals surface area contributed by atoms with Crippen LogP contribution in [0.5, 0.6) is 5.75 Å². The van der Waals surface area contributed by atoms with Crippen molar-refractivity contribution in [1.29, 1.82) is 0 Å². The molecule has 0 bridgehead atoms. The molecular weight excluding hydrogens is 1150 g/mol. The van der Waals surface area contributed by atoms with E-state index in [-0.39, 0.29) is 16.9 Å². The molecule has 8 aromatic carbocycles. The minimum atomic E-state index is -0.292. The van der Waals surface area contributed by atoms with Gasteiger partial charge in [-0.05, 0) is 238 Å². The summed E-state index contributed by atoms with van der Waals surface area (Å²) >= 11 is 0. The van der Waals surface area contributed by atoms with Crippen molar-refractivity contribution >= 4 is 51.6 Å². The molecular formula is C92H92N2O. The molecule has 8 aromatic rings. The molecule has 95 heavy (non-hydrogen) atoms. The van der Waals surface area contributed by atoms with Gasteiger partial charge in [0.2, 0.25) is 0 Å². The van der Waals surface area contributed by atoms with Gasteiger partial charge in [-0.1, -0.05) is 253 Å². The number of para-hydroxylation sites is 1. The number of unbranched alkanes of at least 4 members (excludes halogenated alkanes) is 1. The lowest BCUT2D eigenvalue weighted by atomic mass is 9.67. The number of fused-ring (bicyclic) bond motifs is 6. The molecule has 0 spiro atoms. The molecule has 1 heterocycles. The Kier molecular flexibility index (Phi) is 17.3. The molecule has 1 fully saturated rings. The third kappa shape index (κ3) is 12.3. The van der Waals surface area contributed by atoms with Crippen molar-refractivity contribution in [1.82, 2.24) is 0 Å². The molecule has 3 heteroatoms. The average Bonchev–Trinajstić information content (AvgIpc) is 1.57. The van der Waals surface area contributed by atoms with Crippen LogP contribution in [0.1, 0.15) is 171 Å². The molecule has 3 nitrogen and oxygen atoms in total. The normalized spacial score (nSPS) is 22.0. The minimum absolute atomic E-state index is 0.177. The van der Waals surface area contributed by atoms with E-state index in [1.54, 1.807) is 0 Å². The SMILES string of the molecule is C=Cc1ccc(C2CCc3cc(OCC(C)CCCCC4(c5ccccc5)C5=C(CCC=C5)c5ccc(N(c6ccc(C7=CC8C9CC(c%10ccc(C=C)cc%10)CC=C9N(c9ccccc9)C8C=C7)cc6)c6ccc(C7=CC=C(C(C)(C)C)CC7)cc6)cc54)ccc3C2)cc1. The summed E-state index contributed by atoms with van der Waals surface area (Å²) in [6, 6.07) is 74.4. The zero-order valence-corrected chi connectivity index (χ0v) is 56.3. The lowest BCUT2D eigenvalue weighted by molar-refractivity contribution is 0.248. The second-order valence-electron chi connectivity index (χ2n) is 29.3. The van der Waals surface area contributed by atoms with E-state index in [0.717, 1.165) is 101 Å². The highest BCUT2D eigenvalue weighted by Gasteiger charge is 2.48. The summed E-state index contributed by atoms with van der Waals surface area (Å²) in [5.74, 6) is 3.23. The largest absolute Gasteiger partial charge is 0.493 e. The number of hydrogen-bond acceptors (Lipinski definition) is 3. The van der Waals surface area contributed by atoms with E-state index in [1.165, 1.54) is 113 Å². The predicted octanol–water partition coefficient (Wildman–Crippen LogP) is 24.1. The van der Waals surface area contributed by atoms with Gasteiger partial charge in [0.25, 0.3) is 0 Å². The second-order valence-corrected chi connectivity index (χ2v) is 29.3. The Hall–Kier alpha value is -9.18. The monoisotopic (exact) mass is 1240 g/mol. The number of hydrogen-bond donors (Lipinski definition) is 0. The fourth-order valence-corrected chi connectivity index (χ4v) is 17.3. The Morgan fingerprint density at radius 1 is 0.663 bits per heavy atom. The van der Waals surface area contributed by atoms with Crippen molar-refractivity contribution in [2.75, 3.05) is 16.4 Å². The van der Waals surface area contributed by atoms with Crippen molar-refractivity contribution in [2.24, 2.45) is 23.2 Å². The first-order valence-electron chi connectivity index (χ1n) is 35.7. The maximum absolute atomic E-state index is 6.63. The summed E-state index contributed by atoms with van der Waals surface area (Å²) in [5, 5.41) is 0. The zero-order chi connectivity index (χ0) is 64.6. The molecule has 7 atom stereocenters. The molecule has 1 saturated heterocycles. The van der Waals surface area contributed by atoms with Crippen molar-refractivity contribution < 1.29 is 4.74 Å². The number of nitrogens with zero attached hydrogens (tertiary/aromatic N) is 2. The van der Waals surface area contributed by atoms with Gasteiger partial charge < -0.3 is 14.5 Å². The van der Waals surface area contributed by atoms with Crippen LogP contribution in [0.25, 0.3) is 28.9 Å². The summed E-state index contributed by atoms with van der Waals surface area (Å²) in [4.78, 5) is 5.18. The zero-order valence-electron chi connectivity index (χ0n) is 56.3. The van der Waals surface area contributed by atoms with Crippen LogP contribution in [0.3, 0.4) is 0 Å². The molecule has 0 N–H and O–H groups in total. The van der Waals surface area contributed by atoms with Crippen LogP contribution in [0.2, 0.25) is 0 Å². The lowest BCUT2D eigenvalue weighted by Gasteiger charge is -2.36. The highest BCUT2D eigenvalue weighted by molar-refractivity contribution is 5.89. The van der Waals surface area contributed by atoms with Crippen molar-refractivity contribution in [2.45, 2.75) is 134 Å². The van der Waals surface area contributed by atoms with Crippen LogP contribution >= 0.6 is 0 Å². The summed E-state index contributed by atoms with van der Waals surface area (Å²) < 4.78 is 6.63. The molecule has 15 rings (SSSR count). The molecule has 0 radical (unpaired) electrons. The van der Waals surface area contributed by atoms with Crippen LogP contribution in [-0.2, 0) is 18.3 Å². The van der Waals surface area contributed by atoms with Gasteiger partial charge in [0.05, 0.1) is 12.6 Å². The van der Waals surface area contributed by atoms with Crippen molar-refractivity contribution in [3.05, 3.63) is 334 Å². The summed E-state index contributed by atoms with van der Waals surface area (Å²) in [5.41, 5.74) is 28.3. The first kappa shape index (κ1) is 62.0. The minimum Gasteiger partial charge on any atom is -0.493 e. The first-order valence-corrected chi connectivity index (χ1v) is 35.7. The maximum Gasteiger partial charge on any atom is 0.119 e. The Labute approximate surface area is 566 Å². The van der Waals surface area contributed by atoms with Crippen LogP contribution in [0, 0.1) is 23.2 Å². The fourth-order valence-electron chi connectivity index (χ4n) is 17.3. The number of benzene rings is 8. The molecule has 6 aliphatic carbocycles. The van der Waals surface area contributed by atoms with E-state index < -0.39 is 0 Å². The van der Waals surface area contributed by atoms with Gasteiger partial charge in [-0.25, -0.2) is 0 Å². The van der Waals surface area contributed by atoms with E-state index in [1.807, 2.05) is 12.2 Å². The van der Waals surface area contributed by atoms with E-state index >= 15 is 0 Å². The summed E-state index contributed by atoms with van der Waals surface area (Å²) in [7, 11) is 0. The van der Waals surface area contributed by atoms with E-state index in [9.17, 15) is 0 Å². The Morgan fingerprint density at radius 3 is 2.05 bits per heavy atom. The predicted molar refractivity (Wildman–Crippen MR) is 403 cm³/mol. The molecule has 0 aromatic heterocycles. The van der Waals surface area contributed by atoms with Crippen LogP contribution in [0.4, 0.5) is 22.7 Å². The molecule has 1 aliphatic heterocycles. The highest BCUT2D eigenvalue weighted by Crippen LogP contribution is 2.58. The Morgan fingerprint density at radius 2 is 1.36 bits per heavy atom. The number of rotatable bonds is 19. The van der Waals surface area contributed by atoms with Gasteiger partial charge in [-0.2, -0.15) is 0 Å². The van der Waals surface area contributed by atoms with Gasteiger partial charge in [0.1, 0.15) is 5.75 Å². The quantitative estimate of drug-likeness (QED) is 0.0751. The van der Waals surface area contributed by atoms with E-state index in [2.05, 4.69) is 293 Å². The highest BCUT2D eigenvalue weighted by atomic mass is 16.5. The van der Waals surface area contributed by atoms with Crippen LogP contribution in [0.15, 0.2) is 273 Å². The van der Waals surface area contributed by atoms with E-state index in [0.29, 0.717) is 29.6 Å². The molecule has 7 aliphatic rings. The van der Waals surface area contributed by atoms with E-state index in [4.69, 9.17) is 4.74 Å². The number of ether oxygens (including phenoxy) is 1. The van der Waals surface area contributed by atoms with Gasteiger partial charge in [-0.15, -0.1) is 0 Å². The smallest absolute Gasteiger partial charge is 0.119 e. The second kappa shape index (κ2) is 26.5. The maximum atomic E-state index is 6.63.